The highest BCUT2D eigenvalue weighted by atomic mass is 16.6. The van der Waals surface area contributed by atoms with E-state index >= 15 is 0 Å². The van der Waals surface area contributed by atoms with Crippen LogP contribution >= 0.6 is 0 Å². The molecule has 60 heavy (non-hydrogen) atoms. The van der Waals surface area contributed by atoms with Crippen LogP contribution in [0.2, 0.25) is 0 Å². The Labute approximate surface area is 371 Å². The van der Waals surface area contributed by atoms with Gasteiger partial charge in [0.25, 0.3) is 0 Å². The van der Waals surface area contributed by atoms with Gasteiger partial charge in [-0.3, -0.25) is 9.59 Å². The van der Waals surface area contributed by atoms with Gasteiger partial charge < -0.3 is 28.6 Å². The molecule has 0 fully saturated rings. The summed E-state index contributed by atoms with van der Waals surface area (Å²) < 4.78 is 17.2. The Morgan fingerprint density at radius 2 is 0.867 bits per heavy atom. The van der Waals surface area contributed by atoms with E-state index in [-0.39, 0.29) is 42.7 Å². The highest BCUT2D eigenvalue weighted by Crippen LogP contribution is 2.16. The van der Waals surface area contributed by atoms with Crippen LogP contribution in [-0.4, -0.2) is 75.5 Å². The topological polar surface area (TPSA) is 102 Å². The number of esters is 2. The molecule has 0 aliphatic rings. The molecule has 2 unspecified atom stereocenters. The fourth-order valence-electron chi connectivity index (χ4n) is 7.65. The van der Waals surface area contributed by atoms with Crippen molar-refractivity contribution in [3.05, 3.63) is 24.3 Å². The maximum atomic E-state index is 12.7. The molecule has 0 rings (SSSR count). The Morgan fingerprint density at radius 3 is 1.28 bits per heavy atom. The lowest BCUT2D eigenvalue weighted by Crippen LogP contribution is -2.55. The first-order valence-corrected chi connectivity index (χ1v) is 25.4. The van der Waals surface area contributed by atoms with E-state index in [2.05, 4.69) is 38.2 Å². The molecular formula is C52H97NO7. The van der Waals surface area contributed by atoms with Crippen LogP contribution in [-0.2, 0) is 28.6 Å². The Hall–Kier alpha value is -2.19. The van der Waals surface area contributed by atoms with Gasteiger partial charge in [-0.15, -0.1) is 0 Å². The van der Waals surface area contributed by atoms with Crippen LogP contribution in [0.15, 0.2) is 24.3 Å². The first kappa shape index (κ1) is 57.8. The number of likely N-dealkylation sites (N-methyl/N-ethyl adjacent to an activating group) is 1. The van der Waals surface area contributed by atoms with Crippen LogP contribution in [0.25, 0.3) is 0 Å². The molecule has 0 N–H and O–H groups in total. The Kier molecular flexibility index (Phi) is 41.9. The molecule has 0 bridgehead atoms. The lowest BCUT2D eigenvalue weighted by Gasteiger charge is -2.34. The molecular weight excluding hydrogens is 751 g/mol. The van der Waals surface area contributed by atoms with Gasteiger partial charge in [-0.25, -0.2) is 0 Å². The summed E-state index contributed by atoms with van der Waals surface area (Å²) in [5.41, 5.74) is 0. The third-order valence-electron chi connectivity index (χ3n) is 11.6. The second kappa shape index (κ2) is 43.5. The third-order valence-corrected chi connectivity index (χ3v) is 11.6. The van der Waals surface area contributed by atoms with Gasteiger partial charge in [0.05, 0.1) is 40.3 Å². The standard InChI is InChI=1S/C52H97NO7/c1-6-8-10-12-14-16-18-20-22-23-24-25-26-27-29-30-32-34-36-38-40-42-50(54)59-47-48(46-58-45-44-49(52(56)57)53(3,4)5)60-51(55)43-41-39-37-35-33-31-28-21-19-17-15-13-11-9-7-2/h15,17,19,21,48-49H,6-14,16,18,20,22-47H2,1-5H3/b17-15+,21-19+. The zero-order valence-electron chi connectivity index (χ0n) is 40.1. The zero-order chi connectivity index (χ0) is 44.2. The van der Waals surface area contributed by atoms with Crippen LogP contribution in [0.5, 0.6) is 0 Å². The number of carbonyl (C=O) groups excluding carboxylic acids is 3. The number of carboxylic acids is 1. The lowest BCUT2D eigenvalue weighted by atomic mass is 10.0. The smallest absolute Gasteiger partial charge is 0.306 e. The predicted molar refractivity (Wildman–Crippen MR) is 250 cm³/mol. The van der Waals surface area contributed by atoms with Crippen molar-refractivity contribution in [1.29, 1.82) is 0 Å². The van der Waals surface area contributed by atoms with Crippen molar-refractivity contribution in [1.82, 2.24) is 0 Å². The molecule has 8 heteroatoms. The molecule has 8 nitrogen and oxygen atoms in total. The van der Waals surface area contributed by atoms with Crippen molar-refractivity contribution in [2.45, 2.75) is 251 Å². The van der Waals surface area contributed by atoms with Crippen molar-refractivity contribution in [2.24, 2.45) is 0 Å². The number of aliphatic carboxylic acids is 1. The molecule has 0 aliphatic heterocycles. The minimum Gasteiger partial charge on any atom is -0.544 e. The average Bonchev–Trinajstić information content (AvgIpc) is 3.21. The van der Waals surface area contributed by atoms with Crippen LogP contribution in [0.3, 0.4) is 0 Å². The summed E-state index contributed by atoms with van der Waals surface area (Å²) in [5.74, 6) is -1.73. The number of hydrogen-bond donors (Lipinski definition) is 0. The van der Waals surface area contributed by atoms with E-state index in [1.54, 1.807) is 21.1 Å². The van der Waals surface area contributed by atoms with Gasteiger partial charge in [0, 0.05) is 19.3 Å². The molecule has 0 aromatic carbocycles. The maximum Gasteiger partial charge on any atom is 0.306 e. The number of unbranched alkanes of at least 4 members (excludes halogenated alkanes) is 29. The SMILES string of the molecule is CCCCC/C=C/C=C/CCCCCCCCC(=O)OC(COCCC(C(=O)[O-])[N+](C)(C)C)COC(=O)CCCCCCCCCCCCCCCCCCCCCCC. The highest BCUT2D eigenvalue weighted by molar-refractivity contribution is 5.70. The molecule has 0 amide bonds. The van der Waals surface area contributed by atoms with Crippen molar-refractivity contribution >= 4 is 17.9 Å². The largest absolute Gasteiger partial charge is 0.544 e. The molecule has 0 aromatic heterocycles. The van der Waals surface area contributed by atoms with Gasteiger partial charge >= 0.3 is 11.9 Å². The lowest BCUT2D eigenvalue weighted by molar-refractivity contribution is -0.889. The first-order valence-electron chi connectivity index (χ1n) is 25.4. The molecule has 0 heterocycles. The monoisotopic (exact) mass is 848 g/mol. The van der Waals surface area contributed by atoms with Crippen molar-refractivity contribution in [3.63, 3.8) is 0 Å². The Balaban J connectivity index is 4.20. The van der Waals surface area contributed by atoms with Gasteiger partial charge in [0.15, 0.2) is 6.10 Å². The minimum absolute atomic E-state index is 0.0401. The molecule has 0 saturated heterocycles. The van der Waals surface area contributed by atoms with Gasteiger partial charge in [-0.05, 0) is 38.5 Å². The van der Waals surface area contributed by atoms with Gasteiger partial charge in [0.1, 0.15) is 12.6 Å². The summed E-state index contributed by atoms with van der Waals surface area (Å²) in [4.78, 5) is 37.0. The molecule has 0 spiro atoms. The Morgan fingerprint density at radius 1 is 0.500 bits per heavy atom. The highest BCUT2D eigenvalue weighted by Gasteiger charge is 2.25. The summed E-state index contributed by atoms with van der Waals surface area (Å²) in [5, 5.41) is 11.6. The number of hydrogen-bond acceptors (Lipinski definition) is 7. The summed E-state index contributed by atoms with van der Waals surface area (Å²) >= 11 is 0. The van der Waals surface area contributed by atoms with Gasteiger partial charge in [-0.1, -0.05) is 205 Å². The van der Waals surface area contributed by atoms with E-state index in [1.165, 1.54) is 148 Å². The summed E-state index contributed by atoms with van der Waals surface area (Å²) in [6.07, 6.45) is 49.2. The van der Waals surface area contributed by atoms with E-state index in [4.69, 9.17) is 14.2 Å². The maximum absolute atomic E-state index is 12.7. The van der Waals surface area contributed by atoms with Gasteiger partial charge in [0.2, 0.25) is 0 Å². The zero-order valence-corrected chi connectivity index (χ0v) is 40.1. The summed E-state index contributed by atoms with van der Waals surface area (Å²) in [6.45, 7) is 4.66. The number of carbonyl (C=O) groups is 3. The number of nitrogens with zero attached hydrogens (tertiary/aromatic N) is 1. The normalized spacial score (nSPS) is 13.0. The van der Waals surface area contributed by atoms with Crippen LogP contribution < -0.4 is 5.11 Å². The molecule has 0 aromatic rings. The van der Waals surface area contributed by atoms with Crippen LogP contribution in [0.1, 0.15) is 239 Å². The van der Waals surface area contributed by atoms with E-state index in [0.717, 1.165) is 57.8 Å². The number of quaternary nitrogens is 1. The number of ether oxygens (including phenoxy) is 3. The number of allylic oxidation sites excluding steroid dienone is 4. The summed E-state index contributed by atoms with van der Waals surface area (Å²) in [6, 6.07) is -0.725. The third kappa shape index (κ3) is 41.2. The van der Waals surface area contributed by atoms with E-state index in [9.17, 15) is 19.5 Å². The predicted octanol–water partition coefficient (Wildman–Crippen LogP) is 13.1. The Bertz CT molecular complexity index is 1040. The second-order valence-electron chi connectivity index (χ2n) is 18.4. The molecule has 0 saturated carbocycles. The second-order valence-corrected chi connectivity index (χ2v) is 18.4. The number of carboxylic acid groups (broad SMARTS) is 1. The van der Waals surface area contributed by atoms with E-state index < -0.39 is 18.1 Å². The minimum atomic E-state index is -1.12. The molecule has 0 aliphatic carbocycles. The number of rotatable bonds is 46. The van der Waals surface area contributed by atoms with Crippen molar-refractivity contribution < 1.29 is 38.2 Å². The van der Waals surface area contributed by atoms with Crippen molar-refractivity contribution in [2.75, 3.05) is 41.0 Å². The van der Waals surface area contributed by atoms with E-state index in [0.29, 0.717) is 12.8 Å². The average molecular weight is 848 g/mol. The quantitative estimate of drug-likeness (QED) is 0.0260. The fourth-order valence-corrected chi connectivity index (χ4v) is 7.65. The van der Waals surface area contributed by atoms with Crippen LogP contribution in [0, 0.1) is 0 Å². The van der Waals surface area contributed by atoms with E-state index in [1.807, 2.05) is 0 Å². The van der Waals surface area contributed by atoms with Gasteiger partial charge in [-0.2, -0.15) is 0 Å². The molecule has 0 radical (unpaired) electrons. The first-order chi connectivity index (χ1) is 29.1. The van der Waals surface area contributed by atoms with Crippen LogP contribution in [0.4, 0.5) is 0 Å². The fraction of sp³-hybridized carbons (Fsp3) is 0.865. The molecule has 2 atom stereocenters. The summed E-state index contributed by atoms with van der Waals surface area (Å²) in [7, 11) is 5.42. The van der Waals surface area contributed by atoms with Crippen molar-refractivity contribution in [3.8, 4) is 0 Å². The molecule has 352 valence electrons.